The van der Waals surface area contributed by atoms with E-state index in [9.17, 15) is 24.0 Å². The molecule has 36 heavy (non-hydrogen) atoms. The largest absolute Gasteiger partial charge is 0.349 e. The van der Waals surface area contributed by atoms with Crippen LogP contribution >= 0.6 is 11.3 Å². The third-order valence-corrected chi connectivity index (χ3v) is 7.31. The smallest absolute Gasteiger partial charge is 0.238 e. The Hall–Kier alpha value is -3.33. The minimum Gasteiger partial charge on any atom is -0.349 e. The van der Waals surface area contributed by atoms with Gasteiger partial charge in [0.15, 0.2) is 5.78 Å². The fraction of sp³-hybridized carbons (Fsp3) is 0.444. The van der Waals surface area contributed by atoms with Gasteiger partial charge in [0.05, 0.1) is 24.4 Å². The molecule has 0 spiro atoms. The Morgan fingerprint density at radius 3 is 2.28 bits per heavy atom. The van der Waals surface area contributed by atoms with Crippen molar-refractivity contribution in [2.45, 2.75) is 58.5 Å². The Kier molecular flexibility index (Phi) is 9.52. The number of benzene rings is 1. The number of nitrogens with one attached hydrogen (secondary N) is 3. The van der Waals surface area contributed by atoms with Gasteiger partial charge in [-0.2, -0.15) is 0 Å². The van der Waals surface area contributed by atoms with Crippen LogP contribution in [0.15, 0.2) is 47.8 Å². The summed E-state index contributed by atoms with van der Waals surface area (Å²) in [5.41, 5.74) is 0.779. The number of amides is 4. The van der Waals surface area contributed by atoms with Crippen LogP contribution in [0.5, 0.6) is 0 Å². The van der Waals surface area contributed by atoms with Crippen LogP contribution < -0.4 is 16.0 Å². The van der Waals surface area contributed by atoms with Gasteiger partial charge in [-0.15, -0.1) is 11.3 Å². The normalized spacial score (nSPS) is 19.0. The number of ketones is 1. The molecule has 1 fully saturated rings. The first-order valence-electron chi connectivity index (χ1n) is 12.2. The zero-order valence-corrected chi connectivity index (χ0v) is 21.6. The van der Waals surface area contributed by atoms with Gasteiger partial charge < -0.3 is 10.6 Å². The second kappa shape index (κ2) is 12.6. The van der Waals surface area contributed by atoms with E-state index >= 15 is 0 Å². The van der Waals surface area contributed by atoms with Crippen LogP contribution in [0.4, 0.5) is 0 Å². The van der Waals surface area contributed by atoms with Crippen LogP contribution in [0.2, 0.25) is 0 Å². The number of hydrogen-bond acceptors (Lipinski definition) is 6. The van der Waals surface area contributed by atoms with Crippen molar-refractivity contribution in [2.75, 3.05) is 0 Å². The lowest BCUT2D eigenvalue weighted by Gasteiger charge is -2.26. The van der Waals surface area contributed by atoms with Gasteiger partial charge in [-0.3, -0.25) is 29.3 Å². The minimum atomic E-state index is -1.13. The second-order valence-corrected chi connectivity index (χ2v) is 10.5. The van der Waals surface area contributed by atoms with E-state index < -0.39 is 47.4 Å². The van der Waals surface area contributed by atoms with Crippen LogP contribution in [0.1, 0.15) is 56.5 Å². The SMILES string of the molecule is CC(C)[C@@H](NC(=O)C[C@H](NC(=O)CCCc1cccs1)c1ccccc1)C(=O)[C@@H]1C(=O)NC(=O)[C@H]1C. The molecule has 4 amide bonds. The van der Waals surface area contributed by atoms with Gasteiger partial charge in [-0.05, 0) is 35.8 Å². The number of imide groups is 1. The monoisotopic (exact) mass is 511 g/mol. The summed E-state index contributed by atoms with van der Waals surface area (Å²) < 4.78 is 0. The van der Waals surface area contributed by atoms with Crippen molar-refractivity contribution in [3.8, 4) is 0 Å². The molecule has 4 atom stereocenters. The maximum atomic E-state index is 13.1. The van der Waals surface area contributed by atoms with Crippen molar-refractivity contribution >= 4 is 40.7 Å². The molecule has 0 aliphatic carbocycles. The van der Waals surface area contributed by atoms with Gasteiger partial charge in [-0.1, -0.05) is 57.2 Å². The molecular formula is C27H33N3O5S. The summed E-state index contributed by atoms with van der Waals surface area (Å²) in [6, 6.07) is 11.7. The number of Topliss-reactive ketones (excluding diaryl/α,β-unsaturated/α-hetero) is 1. The van der Waals surface area contributed by atoms with Crippen molar-refractivity contribution in [2.24, 2.45) is 17.8 Å². The maximum Gasteiger partial charge on any atom is 0.238 e. The first kappa shape index (κ1) is 27.3. The lowest BCUT2D eigenvalue weighted by atomic mass is 9.85. The Balaban J connectivity index is 1.65. The highest BCUT2D eigenvalue weighted by molar-refractivity contribution is 7.09. The second-order valence-electron chi connectivity index (χ2n) is 9.48. The van der Waals surface area contributed by atoms with E-state index in [4.69, 9.17) is 0 Å². The number of carbonyl (C=O) groups is 5. The highest BCUT2D eigenvalue weighted by Gasteiger charge is 2.46. The summed E-state index contributed by atoms with van der Waals surface area (Å²) in [4.78, 5) is 64.1. The molecule has 3 N–H and O–H groups in total. The van der Waals surface area contributed by atoms with E-state index in [0.29, 0.717) is 12.8 Å². The highest BCUT2D eigenvalue weighted by Crippen LogP contribution is 2.24. The van der Waals surface area contributed by atoms with Crippen LogP contribution in [0, 0.1) is 17.8 Å². The zero-order valence-electron chi connectivity index (χ0n) is 20.8. The molecule has 1 aromatic heterocycles. The van der Waals surface area contributed by atoms with Crippen LogP contribution in [0.25, 0.3) is 0 Å². The van der Waals surface area contributed by atoms with Crippen LogP contribution in [0.3, 0.4) is 0 Å². The summed E-state index contributed by atoms with van der Waals surface area (Å²) in [6.07, 6.45) is 1.78. The lowest BCUT2D eigenvalue weighted by Crippen LogP contribution is -2.49. The zero-order chi connectivity index (χ0) is 26.2. The van der Waals surface area contributed by atoms with Gasteiger partial charge >= 0.3 is 0 Å². The molecule has 2 aromatic rings. The van der Waals surface area contributed by atoms with Gasteiger partial charge in [0, 0.05) is 11.3 Å². The molecule has 192 valence electrons. The van der Waals surface area contributed by atoms with Crippen molar-refractivity contribution in [3.05, 3.63) is 58.3 Å². The molecule has 1 aliphatic rings. The Morgan fingerprint density at radius 2 is 1.69 bits per heavy atom. The Labute approximate surface area is 215 Å². The molecule has 1 saturated heterocycles. The van der Waals surface area contributed by atoms with Crippen molar-refractivity contribution in [1.82, 2.24) is 16.0 Å². The average Bonchev–Trinajstić information content (AvgIpc) is 3.44. The number of aryl methyl sites for hydroxylation is 1. The summed E-state index contributed by atoms with van der Waals surface area (Å²) in [6.45, 7) is 5.07. The predicted octanol–water partition coefficient (Wildman–Crippen LogP) is 2.94. The molecular weight excluding hydrogens is 478 g/mol. The molecule has 3 rings (SSSR count). The lowest BCUT2D eigenvalue weighted by molar-refractivity contribution is -0.137. The van der Waals surface area contributed by atoms with E-state index in [1.807, 2.05) is 47.8 Å². The summed E-state index contributed by atoms with van der Waals surface area (Å²) in [7, 11) is 0. The van der Waals surface area contributed by atoms with E-state index in [1.54, 1.807) is 25.2 Å². The fourth-order valence-electron chi connectivity index (χ4n) is 4.33. The van der Waals surface area contributed by atoms with Crippen LogP contribution in [-0.4, -0.2) is 35.5 Å². The quantitative estimate of drug-likeness (QED) is 0.299. The fourth-order valence-corrected chi connectivity index (χ4v) is 5.08. The molecule has 0 unspecified atom stereocenters. The van der Waals surface area contributed by atoms with Gasteiger partial charge in [0.1, 0.15) is 5.92 Å². The molecule has 8 nitrogen and oxygen atoms in total. The van der Waals surface area contributed by atoms with E-state index in [0.717, 1.165) is 12.0 Å². The van der Waals surface area contributed by atoms with Crippen molar-refractivity contribution < 1.29 is 24.0 Å². The molecule has 9 heteroatoms. The number of carbonyl (C=O) groups excluding carboxylic acids is 5. The molecule has 1 aliphatic heterocycles. The minimum absolute atomic E-state index is 0.0669. The third kappa shape index (κ3) is 7.10. The van der Waals surface area contributed by atoms with Gasteiger partial charge in [-0.25, -0.2) is 0 Å². The van der Waals surface area contributed by atoms with Crippen molar-refractivity contribution in [3.63, 3.8) is 0 Å². The van der Waals surface area contributed by atoms with Gasteiger partial charge in [0.2, 0.25) is 23.6 Å². The van der Waals surface area contributed by atoms with Crippen molar-refractivity contribution in [1.29, 1.82) is 0 Å². The van der Waals surface area contributed by atoms with E-state index in [2.05, 4.69) is 16.0 Å². The standard InChI is InChI=1S/C27H33N3O5S/c1-16(2)24(25(33)23-17(3)26(34)30-27(23)35)29-22(32)15-20(18-9-5-4-6-10-18)28-21(31)13-7-11-19-12-8-14-36-19/h4-6,8-10,12,14,16-17,20,23-24H,7,11,13,15H2,1-3H3,(H,28,31)(H,29,32)(H,30,34,35)/t17-,20-,23+,24+/m0/s1. The first-order chi connectivity index (χ1) is 17.2. The average molecular weight is 512 g/mol. The highest BCUT2D eigenvalue weighted by atomic mass is 32.1. The maximum absolute atomic E-state index is 13.1. The number of thiophene rings is 1. The molecule has 0 radical (unpaired) electrons. The topological polar surface area (TPSA) is 121 Å². The summed E-state index contributed by atoms with van der Waals surface area (Å²) >= 11 is 1.66. The first-order valence-corrected chi connectivity index (χ1v) is 13.1. The van der Waals surface area contributed by atoms with Gasteiger partial charge in [0.25, 0.3) is 0 Å². The summed E-state index contributed by atoms with van der Waals surface area (Å²) in [5.74, 6) is -4.38. The third-order valence-electron chi connectivity index (χ3n) is 6.37. The van der Waals surface area contributed by atoms with E-state index in [1.165, 1.54) is 11.8 Å². The van der Waals surface area contributed by atoms with Crippen LogP contribution in [-0.2, 0) is 30.4 Å². The Bertz CT molecular complexity index is 1080. The molecule has 0 saturated carbocycles. The summed E-state index contributed by atoms with van der Waals surface area (Å²) in [5, 5.41) is 9.91. The number of rotatable bonds is 12. The predicted molar refractivity (Wildman–Crippen MR) is 137 cm³/mol. The van der Waals surface area contributed by atoms with E-state index in [-0.39, 0.29) is 18.2 Å². The Morgan fingerprint density at radius 1 is 0.972 bits per heavy atom. The number of hydrogen-bond donors (Lipinski definition) is 3. The molecule has 2 heterocycles. The molecule has 0 bridgehead atoms. The molecule has 1 aromatic carbocycles.